The Hall–Kier alpha value is -1.15. The maximum atomic E-state index is 11.2. The van der Waals surface area contributed by atoms with Crippen LogP contribution in [-0.2, 0) is 10.0 Å². The summed E-state index contributed by atoms with van der Waals surface area (Å²) in [6, 6.07) is 6.81. The van der Waals surface area contributed by atoms with Crippen LogP contribution in [0, 0.1) is 0 Å². The number of nitrogens with zero attached hydrogens (tertiary/aromatic N) is 1. The topological polar surface area (TPSA) is 84.7 Å². The average Bonchev–Trinajstić information content (AvgIpc) is 3.00. The summed E-state index contributed by atoms with van der Waals surface area (Å²) in [4.78, 5) is 2.56. The number of hydrogen-bond acceptors (Lipinski definition) is 5. The molecular formula is C15H25N3O3S. The highest BCUT2D eigenvalue weighted by Gasteiger charge is 2.21. The third-order valence-electron chi connectivity index (χ3n) is 3.86. The van der Waals surface area contributed by atoms with E-state index in [1.165, 1.54) is 18.6 Å². The van der Waals surface area contributed by atoms with Gasteiger partial charge in [0.2, 0.25) is 10.0 Å². The maximum absolute atomic E-state index is 11.2. The van der Waals surface area contributed by atoms with Crippen molar-refractivity contribution in [3.05, 3.63) is 24.3 Å². The highest BCUT2D eigenvalue weighted by Crippen LogP contribution is 2.15. The number of benzene rings is 1. The van der Waals surface area contributed by atoms with Crippen LogP contribution in [0.5, 0.6) is 5.75 Å². The first-order valence-electron chi connectivity index (χ1n) is 7.71. The van der Waals surface area contributed by atoms with E-state index in [0.717, 1.165) is 32.6 Å². The summed E-state index contributed by atoms with van der Waals surface area (Å²) in [6.45, 7) is 6.84. The fraction of sp³-hybridized carbons (Fsp3) is 0.600. The summed E-state index contributed by atoms with van der Waals surface area (Å²) in [5.74, 6) is 0.661. The molecule has 1 fully saturated rings. The summed E-state index contributed by atoms with van der Waals surface area (Å²) in [5.41, 5.74) is 0. The van der Waals surface area contributed by atoms with E-state index in [4.69, 9.17) is 9.88 Å². The maximum Gasteiger partial charge on any atom is 0.238 e. The molecular weight excluding hydrogens is 302 g/mol. The van der Waals surface area contributed by atoms with Gasteiger partial charge in [-0.2, -0.15) is 0 Å². The molecule has 0 spiro atoms. The molecule has 7 heteroatoms. The molecule has 0 amide bonds. The summed E-state index contributed by atoms with van der Waals surface area (Å²) in [5, 5.41) is 8.46. The zero-order chi connectivity index (χ0) is 16.0. The van der Waals surface area contributed by atoms with Gasteiger partial charge in [0.05, 0.1) is 4.90 Å². The molecule has 0 radical (unpaired) electrons. The third kappa shape index (κ3) is 4.95. The zero-order valence-electron chi connectivity index (χ0n) is 13.0. The minimum Gasteiger partial charge on any atom is -0.492 e. The minimum atomic E-state index is -3.64. The van der Waals surface area contributed by atoms with E-state index in [9.17, 15) is 8.42 Å². The van der Waals surface area contributed by atoms with Gasteiger partial charge in [-0.25, -0.2) is 13.6 Å². The van der Waals surface area contributed by atoms with E-state index in [1.54, 1.807) is 12.1 Å². The predicted octanol–water partition coefficient (Wildman–Crippen LogP) is 0.787. The van der Waals surface area contributed by atoms with Gasteiger partial charge < -0.3 is 10.1 Å². The Bertz CT molecular complexity index is 554. The Balaban J connectivity index is 1.83. The molecule has 1 aliphatic heterocycles. The SMILES string of the molecule is CCCN(CCOc1ccc(S(N)(=O)=O)cc1)C1CCNC1. The fourth-order valence-corrected chi connectivity index (χ4v) is 3.24. The first kappa shape index (κ1) is 17.2. The number of nitrogens with two attached hydrogens (primary N) is 1. The van der Waals surface area contributed by atoms with Crippen molar-refractivity contribution in [2.75, 3.05) is 32.8 Å². The van der Waals surface area contributed by atoms with Gasteiger partial charge in [-0.3, -0.25) is 4.90 Å². The van der Waals surface area contributed by atoms with Gasteiger partial charge in [-0.15, -0.1) is 0 Å². The van der Waals surface area contributed by atoms with Crippen molar-refractivity contribution in [1.29, 1.82) is 0 Å². The molecule has 1 aromatic rings. The minimum absolute atomic E-state index is 0.101. The second kappa shape index (κ2) is 7.92. The average molecular weight is 327 g/mol. The monoisotopic (exact) mass is 327 g/mol. The number of ether oxygens (including phenoxy) is 1. The van der Waals surface area contributed by atoms with Crippen molar-refractivity contribution >= 4 is 10.0 Å². The largest absolute Gasteiger partial charge is 0.492 e. The lowest BCUT2D eigenvalue weighted by Crippen LogP contribution is -2.40. The number of primary sulfonamides is 1. The van der Waals surface area contributed by atoms with Gasteiger partial charge in [0.15, 0.2) is 0 Å². The number of rotatable bonds is 8. The highest BCUT2D eigenvalue weighted by molar-refractivity contribution is 7.89. The van der Waals surface area contributed by atoms with Crippen molar-refractivity contribution in [1.82, 2.24) is 10.2 Å². The van der Waals surface area contributed by atoms with E-state index in [2.05, 4.69) is 17.1 Å². The predicted molar refractivity (Wildman–Crippen MR) is 86.4 cm³/mol. The molecule has 2 rings (SSSR count). The lowest BCUT2D eigenvalue weighted by atomic mass is 10.2. The molecule has 1 saturated heterocycles. The van der Waals surface area contributed by atoms with Crippen LogP contribution < -0.4 is 15.2 Å². The van der Waals surface area contributed by atoms with E-state index in [-0.39, 0.29) is 4.90 Å². The molecule has 124 valence electrons. The Labute approximate surface area is 132 Å². The summed E-state index contributed by atoms with van der Waals surface area (Å²) in [7, 11) is -3.64. The summed E-state index contributed by atoms with van der Waals surface area (Å²) < 4.78 is 28.1. The van der Waals surface area contributed by atoms with Crippen molar-refractivity contribution in [3.8, 4) is 5.75 Å². The molecule has 0 saturated carbocycles. The second-order valence-electron chi connectivity index (χ2n) is 5.55. The van der Waals surface area contributed by atoms with Crippen LogP contribution in [0.1, 0.15) is 19.8 Å². The van der Waals surface area contributed by atoms with E-state index in [0.29, 0.717) is 18.4 Å². The highest BCUT2D eigenvalue weighted by atomic mass is 32.2. The molecule has 1 aliphatic rings. The lowest BCUT2D eigenvalue weighted by molar-refractivity contribution is 0.167. The van der Waals surface area contributed by atoms with Crippen molar-refractivity contribution in [2.45, 2.75) is 30.7 Å². The molecule has 1 atom stereocenters. The molecule has 3 N–H and O–H groups in total. The third-order valence-corrected chi connectivity index (χ3v) is 4.79. The fourth-order valence-electron chi connectivity index (χ4n) is 2.72. The van der Waals surface area contributed by atoms with Gasteiger partial charge in [-0.1, -0.05) is 6.92 Å². The Morgan fingerprint density at radius 3 is 2.59 bits per heavy atom. The van der Waals surface area contributed by atoms with Crippen molar-refractivity contribution < 1.29 is 13.2 Å². The van der Waals surface area contributed by atoms with Crippen LogP contribution in [-0.4, -0.2) is 52.1 Å². The normalized spacial score (nSPS) is 18.8. The van der Waals surface area contributed by atoms with Crippen molar-refractivity contribution in [3.63, 3.8) is 0 Å². The van der Waals surface area contributed by atoms with Gasteiger partial charge in [-0.05, 0) is 50.2 Å². The standard InChI is InChI=1S/C15H25N3O3S/c1-2-9-18(13-7-8-17-12-13)10-11-21-14-3-5-15(6-4-14)22(16,19)20/h3-6,13,17H,2,7-12H2,1H3,(H2,16,19,20). The van der Waals surface area contributed by atoms with Crippen LogP contribution in [0.4, 0.5) is 0 Å². The molecule has 6 nitrogen and oxygen atoms in total. The summed E-state index contributed by atoms with van der Waals surface area (Å²) >= 11 is 0. The number of sulfonamides is 1. The molecule has 22 heavy (non-hydrogen) atoms. The van der Waals surface area contributed by atoms with E-state index in [1.807, 2.05) is 0 Å². The molecule has 0 aromatic heterocycles. The lowest BCUT2D eigenvalue weighted by Gasteiger charge is -2.27. The van der Waals surface area contributed by atoms with E-state index < -0.39 is 10.0 Å². The Morgan fingerprint density at radius 2 is 2.05 bits per heavy atom. The Morgan fingerprint density at radius 1 is 1.32 bits per heavy atom. The molecule has 1 aromatic carbocycles. The van der Waals surface area contributed by atoms with Crippen molar-refractivity contribution in [2.24, 2.45) is 5.14 Å². The first-order valence-corrected chi connectivity index (χ1v) is 9.26. The van der Waals surface area contributed by atoms with Crippen LogP contribution in [0.15, 0.2) is 29.2 Å². The van der Waals surface area contributed by atoms with Gasteiger partial charge in [0.1, 0.15) is 12.4 Å². The molecule has 1 unspecified atom stereocenters. The van der Waals surface area contributed by atoms with Crippen LogP contribution in [0.2, 0.25) is 0 Å². The zero-order valence-corrected chi connectivity index (χ0v) is 13.8. The van der Waals surface area contributed by atoms with Gasteiger partial charge >= 0.3 is 0 Å². The van der Waals surface area contributed by atoms with Gasteiger partial charge in [0, 0.05) is 19.1 Å². The van der Waals surface area contributed by atoms with Crippen LogP contribution in [0.25, 0.3) is 0 Å². The number of hydrogen-bond donors (Lipinski definition) is 2. The summed E-state index contributed by atoms with van der Waals surface area (Å²) in [6.07, 6.45) is 2.31. The van der Waals surface area contributed by atoms with Crippen LogP contribution in [0.3, 0.4) is 0 Å². The van der Waals surface area contributed by atoms with Gasteiger partial charge in [0.25, 0.3) is 0 Å². The smallest absolute Gasteiger partial charge is 0.238 e. The Kier molecular flexibility index (Phi) is 6.19. The quantitative estimate of drug-likeness (QED) is 0.737. The number of nitrogens with one attached hydrogen (secondary N) is 1. The molecule has 0 aliphatic carbocycles. The molecule has 1 heterocycles. The van der Waals surface area contributed by atoms with Crippen LogP contribution >= 0.6 is 0 Å². The van der Waals surface area contributed by atoms with E-state index >= 15 is 0 Å². The second-order valence-corrected chi connectivity index (χ2v) is 7.11. The molecule has 0 bridgehead atoms. The first-order chi connectivity index (χ1) is 10.5.